The summed E-state index contributed by atoms with van der Waals surface area (Å²) in [6.45, 7) is 4.99. The molecule has 0 spiro atoms. The molecule has 0 saturated carbocycles. The number of ether oxygens (including phenoxy) is 1. The third-order valence-electron chi connectivity index (χ3n) is 1.49. The molecule has 0 saturated heterocycles. The number of aliphatic hydroxyl groups excluding tert-OH is 1. The molecule has 2 atom stereocenters. The first-order valence-corrected chi connectivity index (χ1v) is 3.99. The first kappa shape index (κ1) is 11.4. The van der Waals surface area contributed by atoms with Gasteiger partial charge in [-0.25, -0.2) is 9.18 Å². The van der Waals surface area contributed by atoms with Crippen LogP contribution in [0.15, 0.2) is 0 Å². The van der Waals surface area contributed by atoms with Crippen LogP contribution in [0, 0.1) is 5.92 Å². The molecule has 12 heavy (non-hydrogen) atoms. The standard InChI is InChI=1S/C8H15FO3/c1-4-12-8(11)6(9)7(10)5(2)3/h5-7,10H,4H2,1-3H3/t6-,7+/m0/s1. The van der Waals surface area contributed by atoms with Crippen molar-refractivity contribution >= 4 is 5.97 Å². The first-order valence-electron chi connectivity index (χ1n) is 3.99. The smallest absolute Gasteiger partial charge is 0.343 e. The van der Waals surface area contributed by atoms with Crippen LogP contribution in [-0.4, -0.2) is 30.0 Å². The molecule has 0 aliphatic heterocycles. The van der Waals surface area contributed by atoms with E-state index in [4.69, 9.17) is 5.11 Å². The van der Waals surface area contributed by atoms with Crippen molar-refractivity contribution in [1.29, 1.82) is 0 Å². The predicted octanol–water partition coefficient (Wildman–Crippen LogP) is 0.905. The van der Waals surface area contributed by atoms with Crippen molar-refractivity contribution in [3.8, 4) is 0 Å². The zero-order chi connectivity index (χ0) is 9.72. The number of halogens is 1. The Balaban J connectivity index is 4.00. The van der Waals surface area contributed by atoms with Crippen LogP contribution in [0.1, 0.15) is 20.8 Å². The summed E-state index contributed by atoms with van der Waals surface area (Å²) >= 11 is 0. The molecular weight excluding hydrogens is 163 g/mol. The van der Waals surface area contributed by atoms with Crippen LogP contribution in [0.5, 0.6) is 0 Å². The first-order chi connectivity index (χ1) is 5.50. The van der Waals surface area contributed by atoms with E-state index < -0.39 is 18.2 Å². The molecule has 0 amide bonds. The quantitative estimate of drug-likeness (QED) is 0.651. The summed E-state index contributed by atoms with van der Waals surface area (Å²) in [4.78, 5) is 10.7. The van der Waals surface area contributed by atoms with E-state index in [9.17, 15) is 9.18 Å². The zero-order valence-electron chi connectivity index (χ0n) is 7.58. The Labute approximate surface area is 71.5 Å². The van der Waals surface area contributed by atoms with E-state index in [1.54, 1.807) is 20.8 Å². The van der Waals surface area contributed by atoms with Gasteiger partial charge in [-0.05, 0) is 12.8 Å². The summed E-state index contributed by atoms with van der Waals surface area (Å²) in [5.41, 5.74) is 0. The molecular formula is C8H15FO3. The third-order valence-corrected chi connectivity index (χ3v) is 1.49. The lowest BCUT2D eigenvalue weighted by Crippen LogP contribution is -2.35. The number of carbonyl (C=O) groups is 1. The molecule has 0 aliphatic carbocycles. The summed E-state index contributed by atoms with van der Waals surface area (Å²) in [6.07, 6.45) is -3.20. The van der Waals surface area contributed by atoms with Crippen molar-refractivity contribution < 1.29 is 19.0 Å². The molecule has 4 heteroatoms. The minimum absolute atomic E-state index is 0.129. The third kappa shape index (κ3) is 3.17. The highest BCUT2D eigenvalue weighted by molar-refractivity contribution is 5.75. The number of esters is 1. The minimum atomic E-state index is -1.93. The maximum absolute atomic E-state index is 12.9. The highest BCUT2D eigenvalue weighted by atomic mass is 19.1. The van der Waals surface area contributed by atoms with Gasteiger partial charge in [0, 0.05) is 0 Å². The van der Waals surface area contributed by atoms with Crippen molar-refractivity contribution in [2.24, 2.45) is 5.92 Å². The molecule has 0 rings (SSSR count). The average molecular weight is 178 g/mol. The molecule has 0 unspecified atom stereocenters. The molecule has 0 heterocycles. The van der Waals surface area contributed by atoms with Crippen molar-refractivity contribution in [2.45, 2.75) is 33.0 Å². The van der Waals surface area contributed by atoms with Gasteiger partial charge < -0.3 is 9.84 Å². The molecule has 1 N–H and O–H groups in total. The van der Waals surface area contributed by atoms with E-state index in [-0.39, 0.29) is 12.5 Å². The molecule has 0 aromatic carbocycles. The lowest BCUT2D eigenvalue weighted by molar-refractivity contribution is -0.154. The van der Waals surface area contributed by atoms with Crippen LogP contribution in [0.2, 0.25) is 0 Å². The molecule has 0 aromatic rings. The number of hydrogen-bond acceptors (Lipinski definition) is 3. The Morgan fingerprint density at radius 3 is 2.42 bits per heavy atom. The van der Waals surface area contributed by atoms with Crippen molar-refractivity contribution in [2.75, 3.05) is 6.61 Å². The maximum Gasteiger partial charge on any atom is 0.343 e. The lowest BCUT2D eigenvalue weighted by atomic mass is 10.0. The number of carbonyl (C=O) groups excluding carboxylic acids is 1. The highest BCUT2D eigenvalue weighted by Crippen LogP contribution is 2.10. The maximum atomic E-state index is 12.9. The van der Waals surface area contributed by atoms with E-state index in [1.165, 1.54) is 0 Å². The fraction of sp³-hybridized carbons (Fsp3) is 0.875. The summed E-state index contributed by atoms with van der Waals surface area (Å²) in [7, 11) is 0. The molecule has 3 nitrogen and oxygen atoms in total. The Bertz CT molecular complexity index is 147. The fourth-order valence-electron chi connectivity index (χ4n) is 0.699. The predicted molar refractivity (Wildman–Crippen MR) is 42.4 cm³/mol. The molecule has 0 fully saturated rings. The van der Waals surface area contributed by atoms with Crippen molar-refractivity contribution in [3.63, 3.8) is 0 Å². The van der Waals surface area contributed by atoms with E-state index in [0.717, 1.165) is 0 Å². The van der Waals surface area contributed by atoms with Crippen LogP contribution in [0.4, 0.5) is 4.39 Å². The van der Waals surface area contributed by atoms with E-state index in [0.29, 0.717) is 0 Å². The van der Waals surface area contributed by atoms with Gasteiger partial charge in [-0.1, -0.05) is 13.8 Å². The SMILES string of the molecule is CCOC(=O)[C@@H](F)[C@H](O)C(C)C. The van der Waals surface area contributed by atoms with Crippen molar-refractivity contribution in [3.05, 3.63) is 0 Å². The summed E-state index contributed by atoms with van der Waals surface area (Å²) in [6, 6.07) is 0. The van der Waals surface area contributed by atoms with Crippen LogP contribution in [0.3, 0.4) is 0 Å². The number of aliphatic hydroxyl groups is 1. The summed E-state index contributed by atoms with van der Waals surface area (Å²) in [5, 5.41) is 9.12. The normalized spacial score (nSPS) is 15.8. The van der Waals surface area contributed by atoms with Gasteiger partial charge in [-0.15, -0.1) is 0 Å². The zero-order valence-corrected chi connectivity index (χ0v) is 7.58. The fourth-order valence-corrected chi connectivity index (χ4v) is 0.699. The lowest BCUT2D eigenvalue weighted by Gasteiger charge is -2.17. The number of rotatable bonds is 4. The van der Waals surface area contributed by atoms with E-state index in [1.807, 2.05) is 0 Å². The Morgan fingerprint density at radius 1 is 1.58 bits per heavy atom. The Morgan fingerprint density at radius 2 is 2.08 bits per heavy atom. The van der Waals surface area contributed by atoms with Crippen LogP contribution < -0.4 is 0 Å². The van der Waals surface area contributed by atoms with Crippen LogP contribution in [-0.2, 0) is 9.53 Å². The average Bonchev–Trinajstić information content (AvgIpc) is 2.02. The topological polar surface area (TPSA) is 46.5 Å². The van der Waals surface area contributed by atoms with Gasteiger partial charge in [0.05, 0.1) is 12.7 Å². The van der Waals surface area contributed by atoms with Gasteiger partial charge in [0.25, 0.3) is 0 Å². The van der Waals surface area contributed by atoms with E-state index in [2.05, 4.69) is 4.74 Å². The van der Waals surface area contributed by atoms with Gasteiger partial charge in [0.2, 0.25) is 6.17 Å². The Kier molecular flexibility index (Phi) is 4.81. The van der Waals surface area contributed by atoms with Gasteiger partial charge >= 0.3 is 5.97 Å². The second-order valence-corrected chi connectivity index (χ2v) is 2.89. The highest BCUT2D eigenvalue weighted by Gasteiger charge is 2.29. The van der Waals surface area contributed by atoms with Gasteiger partial charge in [-0.2, -0.15) is 0 Å². The second-order valence-electron chi connectivity index (χ2n) is 2.89. The largest absolute Gasteiger partial charge is 0.464 e. The summed E-state index contributed by atoms with van der Waals surface area (Å²) < 4.78 is 17.3. The van der Waals surface area contributed by atoms with Gasteiger partial charge in [0.1, 0.15) is 0 Å². The van der Waals surface area contributed by atoms with Gasteiger partial charge in [-0.3, -0.25) is 0 Å². The van der Waals surface area contributed by atoms with Crippen LogP contribution in [0.25, 0.3) is 0 Å². The Hall–Kier alpha value is -0.640. The number of alkyl halides is 1. The molecule has 0 bridgehead atoms. The minimum Gasteiger partial charge on any atom is -0.464 e. The van der Waals surface area contributed by atoms with E-state index >= 15 is 0 Å². The van der Waals surface area contributed by atoms with Crippen molar-refractivity contribution in [1.82, 2.24) is 0 Å². The van der Waals surface area contributed by atoms with Gasteiger partial charge in [0.15, 0.2) is 0 Å². The monoisotopic (exact) mass is 178 g/mol. The molecule has 0 radical (unpaired) electrons. The number of hydrogen-bond donors (Lipinski definition) is 1. The molecule has 72 valence electrons. The molecule has 0 aliphatic rings. The van der Waals surface area contributed by atoms with Crippen LogP contribution >= 0.6 is 0 Å². The summed E-state index contributed by atoms with van der Waals surface area (Å²) in [5.74, 6) is -1.27. The second kappa shape index (κ2) is 5.09. The molecule has 0 aromatic heterocycles.